The van der Waals surface area contributed by atoms with E-state index in [1.165, 1.54) is 0 Å². The molecular formula is C19H18Cl2N2O3. The molecule has 1 amide bonds. The van der Waals surface area contributed by atoms with E-state index >= 15 is 0 Å². The Bertz CT molecular complexity index is 819. The minimum absolute atomic E-state index is 0.140. The number of nitrogens with zero attached hydrogens (tertiary/aromatic N) is 1. The lowest BCUT2D eigenvalue weighted by atomic mass is 10.1. The number of carbonyl (C=O) groups excluding carboxylic acids is 1. The first-order valence-corrected chi connectivity index (χ1v) is 8.66. The number of ether oxygens (including phenoxy) is 2. The van der Waals surface area contributed by atoms with Crippen molar-refractivity contribution >= 4 is 29.1 Å². The first-order valence-electron chi connectivity index (χ1n) is 7.90. The highest BCUT2D eigenvalue weighted by Crippen LogP contribution is 2.30. The van der Waals surface area contributed by atoms with Crippen LogP contribution >= 0.6 is 23.2 Å². The number of nitrogens with one attached hydrogen (secondary N) is 1. The van der Waals surface area contributed by atoms with Crippen molar-refractivity contribution in [3.8, 4) is 17.6 Å². The van der Waals surface area contributed by atoms with E-state index in [0.29, 0.717) is 34.5 Å². The van der Waals surface area contributed by atoms with Gasteiger partial charge in [0.05, 0.1) is 13.2 Å². The number of hydrogen-bond donors (Lipinski definition) is 1. The highest BCUT2D eigenvalue weighted by molar-refractivity contribution is 6.35. The number of rotatable bonds is 8. The predicted octanol–water partition coefficient (Wildman–Crippen LogP) is 4.15. The molecule has 0 aliphatic rings. The monoisotopic (exact) mass is 392 g/mol. The molecule has 2 aromatic rings. The molecule has 1 N–H and O–H groups in total. The number of hydrogen-bond acceptors (Lipinski definition) is 4. The zero-order chi connectivity index (χ0) is 18.9. The van der Waals surface area contributed by atoms with Crippen molar-refractivity contribution in [3.63, 3.8) is 0 Å². The fourth-order valence-electron chi connectivity index (χ4n) is 2.26. The molecule has 0 atom stereocenters. The zero-order valence-corrected chi connectivity index (χ0v) is 15.7. The molecule has 0 bridgehead atoms. The van der Waals surface area contributed by atoms with E-state index < -0.39 is 0 Å². The van der Waals surface area contributed by atoms with Crippen LogP contribution < -0.4 is 14.8 Å². The molecule has 0 fully saturated rings. The van der Waals surface area contributed by atoms with E-state index in [2.05, 4.69) is 5.32 Å². The van der Waals surface area contributed by atoms with E-state index in [4.69, 9.17) is 37.9 Å². The Labute approximate surface area is 162 Å². The zero-order valence-electron chi connectivity index (χ0n) is 14.2. The van der Waals surface area contributed by atoms with Crippen molar-refractivity contribution in [1.29, 1.82) is 5.26 Å². The van der Waals surface area contributed by atoms with Crippen molar-refractivity contribution in [2.24, 2.45) is 0 Å². The largest absolute Gasteiger partial charge is 0.493 e. The highest BCUT2D eigenvalue weighted by Gasteiger charge is 2.09. The molecule has 7 heteroatoms. The van der Waals surface area contributed by atoms with Gasteiger partial charge >= 0.3 is 0 Å². The number of halogens is 2. The molecule has 0 unspecified atom stereocenters. The average molecular weight is 393 g/mol. The van der Waals surface area contributed by atoms with Crippen molar-refractivity contribution in [1.82, 2.24) is 5.32 Å². The Balaban J connectivity index is 2.02. The first kappa shape index (κ1) is 19.9. The smallest absolute Gasteiger partial charge is 0.234 e. The van der Waals surface area contributed by atoms with E-state index in [1.807, 2.05) is 30.3 Å². The van der Waals surface area contributed by atoms with Crippen molar-refractivity contribution in [3.05, 3.63) is 57.6 Å². The molecule has 5 nitrogen and oxygen atoms in total. The molecule has 0 saturated heterocycles. The maximum absolute atomic E-state index is 11.3. The summed E-state index contributed by atoms with van der Waals surface area (Å²) in [5.74, 6) is 0.904. The molecule has 0 saturated carbocycles. The lowest BCUT2D eigenvalue weighted by molar-refractivity contribution is -0.120. The Morgan fingerprint density at radius 2 is 2.00 bits per heavy atom. The summed E-state index contributed by atoms with van der Waals surface area (Å²) in [5, 5.41) is 12.3. The van der Waals surface area contributed by atoms with E-state index in [9.17, 15) is 4.79 Å². The summed E-state index contributed by atoms with van der Waals surface area (Å²) in [4.78, 5) is 11.3. The van der Waals surface area contributed by atoms with Gasteiger partial charge in [-0.05, 0) is 36.2 Å². The van der Waals surface area contributed by atoms with Gasteiger partial charge in [0.2, 0.25) is 5.91 Å². The number of methoxy groups -OCH3 is 1. The molecule has 0 aromatic heterocycles. The maximum atomic E-state index is 11.3. The van der Waals surface area contributed by atoms with Crippen LogP contribution in [-0.2, 0) is 17.8 Å². The van der Waals surface area contributed by atoms with Gasteiger partial charge in [-0.25, -0.2) is 0 Å². The van der Waals surface area contributed by atoms with Gasteiger partial charge in [-0.2, -0.15) is 5.26 Å². The second-order valence-corrected chi connectivity index (χ2v) is 6.29. The molecule has 0 aliphatic carbocycles. The van der Waals surface area contributed by atoms with Crippen LogP contribution in [-0.4, -0.2) is 19.6 Å². The maximum Gasteiger partial charge on any atom is 0.234 e. The Morgan fingerprint density at radius 3 is 2.69 bits per heavy atom. The third kappa shape index (κ3) is 5.83. The summed E-state index contributed by atoms with van der Waals surface area (Å²) in [6.45, 7) is 0.712. The van der Waals surface area contributed by atoms with Crippen molar-refractivity contribution in [2.75, 3.05) is 13.7 Å². The second-order valence-electron chi connectivity index (χ2n) is 5.44. The molecule has 136 valence electrons. The molecule has 26 heavy (non-hydrogen) atoms. The number of carbonyl (C=O) groups is 1. The molecule has 0 spiro atoms. The first-order chi connectivity index (χ1) is 12.5. The third-order valence-corrected chi connectivity index (χ3v) is 4.19. The van der Waals surface area contributed by atoms with Gasteiger partial charge in [0.25, 0.3) is 0 Å². The van der Waals surface area contributed by atoms with E-state index in [-0.39, 0.29) is 18.9 Å². The summed E-state index contributed by atoms with van der Waals surface area (Å²) in [6.07, 6.45) is 0.470. The van der Waals surface area contributed by atoms with E-state index in [0.717, 1.165) is 11.1 Å². The SMILES string of the molecule is COc1ccc(CCNC(=O)CC#N)cc1OCc1ccc(Cl)cc1Cl. The third-order valence-electron chi connectivity index (χ3n) is 3.60. The molecule has 0 aliphatic heterocycles. The van der Waals surface area contributed by atoms with Crippen LogP contribution in [0.15, 0.2) is 36.4 Å². The standard InChI is InChI=1S/C19H18Cl2N2O3/c1-25-17-5-2-13(7-9-23-19(24)6-8-22)10-18(17)26-12-14-3-4-15(20)11-16(14)21/h2-5,10-11H,6-7,9,12H2,1H3,(H,23,24). The summed E-state index contributed by atoms with van der Waals surface area (Å²) in [7, 11) is 1.57. The normalized spacial score (nSPS) is 10.1. The Hall–Kier alpha value is -2.42. The topological polar surface area (TPSA) is 71.3 Å². The summed E-state index contributed by atoms with van der Waals surface area (Å²) >= 11 is 12.1. The fourth-order valence-corrected chi connectivity index (χ4v) is 2.73. The predicted molar refractivity (Wildman–Crippen MR) is 101 cm³/mol. The van der Waals surface area contributed by atoms with Gasteiger partial charge in [-0.15, -0.1) is 0 Å². The summed E-state index contributed by atoms with van der Waals surface area (Å²) in [6, 6.07) is 12.6. The van der Waals surface area contributed by atoms with Crippen LogP contribution in [0.3, 0.4) is 0 Å². The average Bonchev–Trinajstić information content (AvgIpc) is 2.61. The van der Waals surface area contributed by atoms with Gasteiger partial charge < -0.3 is 14.8 Å². The highest BCUT2D eigenvalue weighted by atomic mass is 35.5. The van der Waals surface area contributed by atoms with Gasteiger partial charge in [0.1, 0.15) is 13.0 Å². The fraction of sp³-hybridized carbons (Fsp3) is 0.263. The van der Waals surface area contributed by atoms with Crippen LogP contribution in [0.1, 0.15) is 17.5 Å². The molecule has 0 radical (unpaired) electrons. The molecule has 2 rings (SSSR count). The number of benzene rings is 2. The van der Waals surface area contributed by atoms with Crippen LogP contribution in [0.2, 0.25) is 10.0 Å². The lowest BCUT2D eigenvalue weighted by Crippen LogP contribution is -2.24. The van der Waals surface area contributed by atoms with Crippen LogP contribution in [0, 0.1) is 11.3 Å². The van der Waals surface area contributed by atoms with Gasteiger partial charge in [0, 0.05) is 22.2 Å². The van der Waals surface area contributed by atoms with Gasteiger partial charge in [-0.3, -0.25) is 4.79 Å². The Morgan fingerprint density at radius 1 is 1.19 bits per heavy atom. The number of nitriles is 1. The van der Waals surface area contributed by atoms with Crippen LogP contribution in [0.4, 0.5) is 0 Å². The quantitative estimate of drug-likeness (QED) is 0.731. The van der Waals surface area contributed by atoms with E-state index in [1.54, 1.807) is 19.2 Å². The Kier molecular flexibility index (Phi) is 7.58. The molecular weight excluding hydrogens is 375 g/mol. The van der Waals surface area contributed by atoms with Crippen molar-refractivity contribution in [2.45, 2.75) is 19.4 Å². The lowest BCUT2D eigenvalue weighted by Gasteiger charge is -2.13. The molecule has 0 heterocycles. The minimum atomic E-state index is -0.283. The van der Waals surface area contributed by atoms with Gasteiger partial charge in [-0.1, -0.05) is 35.3 Å². The second kappa shape index (κ2) is 9.91. The molecule has 2 aromatic carbocycles. The summed E-state index contributed by atoms with van der Waals surface area (Å²) < 4.78 is 11.2. The minimum Gasteiger partial charge on any atom is -0.493 e. The van der Waals surface area contributed by atoms with Gasteiger partial charge in [0.15, 0.2) is 11.5 Å². The van der Waals surface area contributed by atoms with Crippen LogP contribution in [0.25, 0.3) is 0 Å². The van der Waals surface area contributed by atoms with Crippen LogP contribution in [0.5, 0.6) is 11.5 Å². The summed E-state index contributed by atoms with van der Waals surface area (Å²) in [5.41, 5.74) is 1.78. The van der Waals surface area contributed by atoms with Crippen molar-refractivity contribution < 1.29 is 14.3 Å². The number of amides is 1.